The fourth-order valence-electron chi connectivity index (χ4n) is 3.95. The number of aliphatic hydroxyl groups is 2. The molecule has 1 aliphatic carbocycles. The van der Waals surface area contributed by atoms with E-state index in [0.29, 0.717) is 6.42 Å². The first-order valence-electron chi connectivity index (χ1n) is 13.6. The number of hydrogen-bond donors (Lipinski definition) is 3. The number of esters is 1. The first kappa shape index (κ1) is 33.8. The highest BCUT2D eigenvalue weighted by atomic mass is 16.5. The SMILES string of the molecule is C/C=C\CCCC(=O)OC(C)C.O=C(O)C(CO)CO.c1ccc(CCCCCC2CCCC2)cc1. The molecule has 0 unspecified atom stereocenters. The number of allylic oxidation sites excluding steroid dienone is 2. The van der Waals surface area contributed by atoms with Crippen LogP contribution in [0.4, 0.5) is 0 Å². The topological polar surface area (TPSA) is 104 Å². The van der Waals surface area contributed by atoms with Crippen molar-refractivity contribution in [1.29, 1.82) is 0 Å². The standard InChI is InChI=1S/C16H24.C10H18O2.C4H8O4/c1-3-9-15(10-4-1)11-5-2-6-12-16-13-7-8-14-16;1-4-5-6-7-8-10(11)12-9(2)3;5-1-3(2-6)4(7)8/h1,3-4,9-10,16H,2,5-8,11-14H2;4-5,9H,6-8H2,1-3H3;3,5-6H,1-2H2,(H,7,8)/b;5-4-;. The predicted octanol–water partition coefficient (Wildman–Crippen LogP) is 6.34. The first-order valence-corrected chi connectivity index (χ1v) is 13.6. The second-order valence-electron chi connectivity index (χ2n) is 9.64. The van der Waals surface area contributed by atoms with E-state index >= 15 is 0 Å². The Morgan fingerprint density at radius 1 is 1.00 bits per heavy atom. The van der Waals surface area contributed by atoms with Crippen LogP contribution in [-0.2, 0) is 20.7 Å². The number of unbranched alkanes of at least 4 members (excludes halogenated alkanes) is 3. The molecule has 6 heteroatoms. The average Bonchev–Trinajstić information content (AvgIpc) is 3.37. The van der Waals surface area contributed by atoms with Crippen LogP contribution in [0.2, 0.25) is 0 Å². The number of aliphatic hydroxyl groups excluding tert-OH is 2. The van der Waals surface area contributed by atoms with Crippen LogP contribution >= 0.6 is 0 Å². The van der Waals surface area contributed by atoms with Gasteiger partial charge in [-0.25, -0.2) is 0 Å². The van der Waals surface area contributed by atoms with E-state index in [0.717, 1.165) is 18.8 Å². The van der Waals surface area contributed by atoms with Gasteiger partial charge in [-0.05, 0) is 57.9 Å². The number of carbonyl (C=O) groups excluding carboxylic acids is 1. The highest BCUT2D eigenvalue weighted by Crippen LogP contribution is 2.29. The van der Waals surface area contributed by atoms with Crippen molar-refractivity contribution in [2.45, 2.75) is 104 Å². The molecule has 1 aliphatic rings. The van der Waals surface area contributed by atoms with Gasteiger partial charge in [0.1, 0.15) is 5.92 Å². The molecular weight excluding hydrogens is 456 g/mol. The van der Waals surface area contributed by atoms with E-state index in [1.54, 1.807) is 0 Å². The zero-order valence-corrected chi connectivity index (χ0v) is 22.7. The summed E-state index contributed by atoms with van der Waals surface area (Å²) in [4.78, 5) is 20.8. The molecule has 0 aliphatic heterocycles. The molecule has 0 spiro atoms. The van der Waals surface area contributed by atoms with Crippen molar-refractivity contribution < 1.29 is 29.6 Å². The minimum absolute atomic E-state index is 0.0132. The Morgan fingerprint density at radius 2 is 1.64 bits per heavy atom. The number of benzene rings is 1. The van der Waals surface area contributed by atoms with E-state index in [1.165, 1.54) is 63.4 Å². The van der Waals surface area contributed by atoms with Gasteiger partial charge in [-0.1, -0.05) is 87.4 Å². The Balaban J connectivity index is 0.000000545. The van der Waals surface area contributed by atoms with Crippen LogP contribution in [0.1, 0.15) is 97.0 Å². The predicted molar refractivity (Wildman–Crippen MR) is 146 cm³/mol. The summed E-state index contributed by atoms with van der Waals surface area (Å²) in [6.07, 6.45) is 19.5. The number of hydrogen-bond acceptors (Lipinski definition) is 5. The third kappa shape index (κ3) is 20.1. The lowest BCUT2D eigenvalue weighted by Crippen LogP contribution is -2.21. The Bertz CT molecular complexity index is 676. The Hall–Kier alpha value is -2.18. The van der Waals surface area contributed by atoms with Gasteiger partial charge >= 0.3 is 11.9 Å². The van der Waals surface area contributed by atoms with E-state index in [1.807, 2.05) is 26.8 Å². The first-order chi connectivity index (χ1) is 17.3. The monoisotopic (exact) mass is 506 g/mol. The van der Waals surface area contributed by atoms with Crippen LogP contribution in [0.3, 0.4) is 0 Å². The minimum Gasteiger partial charge on any atom is -0.481 e. The van der Waals surface area contributed by atoms with Crippen LogP contribution in [0.5, 0.6) is 0 Å². The number of carboxylic acid groups (broad SMARTS) is 1. The van der Waals surface area contributed by atoms with Gasteiger partial charge in [-0.15, -0.1) is 0 Å². The summed E-state index contributed by atoms with van der Waals surface area (Å²) in [7, 11) is 0. The maximum absolute atomic E-state index is 11.0. The summed E-state index contributed by atoms with van der Waals surface area (Å²) in [5.74, 6) is -1.20. The fourth-order valence-corrected chi connectivity index (χ4v) is 3.95. The van der Waals surface area contributed by atoms with Crippen LogP contribution in [0.25, 0.3) is 0 Å². The highest BCUT2D eigenvalue weighted by molar-refractivity contribution is 5.70. The van der Waals surface area contributed by atoms with Crippen molar-refractivity contribution in [2.24, 2.45) is 11.8 Å². The van der Waals surface area contributed by atoms with Gasteiger partial charge < -0.3 is 20.1 Å². The van der Waals surface area contributed by atoms with Crippen LogP contribution in [0.15, 0.2) is 42.5 Å². The third-order valence-corrected chi connectivity index (χ3v) is 6.04. The Morgan fingerprint density at radius 3 is 2.14 bits per heavy atom. The third-order valence-electron chi connectivity index (χ3n) is 6.04. The zero-order chi connectivity index (χ0) is 27.0. The molecule has 1 saturated carbocycles. The largest absolute Gasteiger partial charge is 0.481 e. The molecule has 0 saturated heterocycles. The van der Waals surface area contributed by atoms with Crippen LogP contribution in [0, 0.1) is 11.8 Å². The molecule has 6 nitrogen and oxygen atoms in total. The Labute approximate surface area is 218 Å². The molecule has 206 valence electrons. The highest BCUT2D eigenvalue weighted by Gasteiger charge is 2.14. The van der Waals surface area contributed by atoms with E-state index in [9.17, 15) is 9.59 Å². The summed E-state index contributed by atoms with van der Waals surface area (Å²) >= 11 is 0. The maximum atomic E-state index is 11.0. The number of aryl methyl sites for hydroxylation is 1. The average molecular weight is 507 g/mol. The molecule has 0 amide bonds. The molecule has 1 fully saturated rings. The van der Waals surface area contributed by atoms with Crippen molar-refractivity contribution in [3.05, 3.63) is 48.0 Å². The van der Waals surface area contributed by atoms with Crippen molar-refractivity contribution in [3.63, 3.8) is 0 Å². The lowest BCUT2D eigenvalue weighted by molar-refractivity contribution is -0.147. The second kappa shape index (κ2) is 23.2. The van der Waals surface area contributed by atoms with Gasteiger partial charge in [0.2, 0.25) is 0 Å². The maximum Gasteiger partial charge on any atom is 0.311 e. The number of ether oxygens (including phenoxy) is 1. The zero-order valence-electron chi connectivity index (χ0n) is 22.7. The van der Waals surface area contributed by atoms with Crippen molar-refractivity contribution in [3.8, 4) is 0 Å². The number of carbonyl (C=O) groups is 2. The van der Waals surface area contributed by atoms with Crippen LogP contribution < -0.4 is 0 Å². The number of carboxylic acids is 1. The van der Waals surface area contributed by atoms with Crippen molar-refractivity contribution >= 4 is 11.9 Å². The van der Waals surface area contributed by atoms with E-state index in [-0.39, 0.29) is 12.1 Å². The van der Waals surface area contributed by atoms with Crippen LogP contribution in [-0.4, -0.2) is 46.6 Å². The lowest BCUT2D eigenvalue weighted by atomic mass is 9.98. The molecular formula is C30H50O6. The van der Waals surface area contributed by atoms with E-state index in [2.05, 4.69) is 36.4 Å². The molecule has 2 rings (SSSR count). The number of rotatable bonds is 14. The van der Waals surface area contributed by atoms with Crippen molar-refractivity contribution in [2.75, 3.05) is 13.2 Å². The van der Waals surface area contributed by atoms with Gasteiger partial charge in [0.15, 0.2) is 0 Å². The summed E-state index contributed by atoms with van der Waals surface area (Å²) in [6, 6.07) is 10.9. The van der Waals surface area contributed by atoms with E-state index < -0.39 is 25.1 Å². The molecule has 3 N–H and O–H groups in total. The summed E-state index contributed by atoms with van der Waals surface area (Å²) < 4.78 is 4.97. The normalized spacial score (nSPS) is 13.3. The van der Waals surface area contributed by atoms with Gasteiger partial charge in [-0.2, -0.15) is 0 Å². The second-order valence-corrected chi connectivity index (χ2v) is 9.64. The molecule has 0 bridgehead atoms. The van der Waals surface area contributed by atoms with Gasteiger partial charge in [0, 0.05) is 6.42 Å². The molecule has 0 radical (unpaired) electrons. The smallest absolute Gasteiger partial charge is 0.311 e. The molecule has 1 aromatic rings. The van der Waals surface area contributed by atoms with Gasteiger partial charge in [0.25, 0.3) is 0 Å². The molecule has 0 atom stereocenters. The van der Waals surface area contributed by atoms with Gasteiger partial charge in [-0.3, -0.25) is 9.59 Å². The quantitative estimate of drug-likeness (QED) is 0.155. The summed E-state index contributed by atoms with van der Waals surface area (Å²) in [5.41, 5.74) is 1.50. The van der Waals surface area contributed by atoms with Crippen molar-refractivity contribution in [1.82, 2.24) is 0 Å². The minimum atomic E-state index is -1.17. The van der Waals surface area contributed by atoms with Gasteiger partial charge in [0.05, 0.1) is 19.3 Å². The lowest BCUT2D eigenvalue weighted by Gasteiger charge is -2.07. The van der Waals surface area contributed by atoms with E-state index in [4.69, 9.17) is 20.1 Å². The molecule has 0 heterocycles. The molecule has 36 heavy (non-hydrogen) atoms. The molecule has 0 aromatic heterocycles. The summed E-state index contributed by atoms with van der Waals surface area (Å²) in [5, 5.41) is 24.4. The molecule has 1 aromatic carbocycles. The summed E-state index contributed by atoms with van der Waals surface area (Å²) in [6.45, 7) is 4.69. The number of aliphatic carboxylic acids is 1. The Kier molecular flexibility index (Phi) is 21.8. The fraction of sp³-hybridized carbons (Fsp3) is 0.667.